The Balaban J connectivity index is 1.37. The van der Waals surface area contributed by atoms with E-state index in [2.05, 4.69) is 10.3 Å². The highest BCUT2D eigenvalue weighted by molar-refractivity contribution is 6.33. The Morgan fingerprint density at radius 2 is 1.91 bits per heavy atom. The molecule has 35 heavy (non-hydrogen) atoms. The van der Waals surface area contributed by atoms with Crippen molar-refractivity contribution in [2.24, 2.45) is 0 Å². The van der Waals surface area contributed by atoms with Gasteiger partial charge in [-0.05, 0) is 41.8 Å². The van der Waals surface area contributed by atoms with Crippen molar-refractivity contribution in [2.45, 2.75) is 32.2 Å². The van der Waals surface area contributed by atoms with Gasteiger partial charge in [0.25, 0.3) is 5.92 Å². The third-order valence-electron chi connectivity index (χ3n) is 6.47. The Bertz CT molecular complexity index is 1320. The van der Waals surface area contributed by atoms with Crippen molar-refractivity contribution in [1.82, 2.24) is 14.9 Å². The maximum Gasteiger partial charge on any atom is 0.260 e. The van der Waals surface area contributed by atoms with E-state index in [0.29, 0.717) is 23.9 Å². The molecule has 0 bridgehead atoms. The lowest BCUT2D eigenvalue weighted by Crippen LogP contribution is -2.39. The van der Waals surface area contributed by atoms with Crippen LogP contribution in [0.5, 0.6) is 0 Å². The summed E-state index contributed by atoms with van der Waals surface area (Å²) < 4.78 is 27.8. The van der Waals surface area contributed by atoms with E-state index in [1.165, 1.54) is 12.5 Å². The summed E-state index contributed by atoms with van der Waals surface area (Å²) in [5.41, 5.74) is 6.81. The predicted molar refractivity (Wildman–Crippen MR) is 138 cm³/mol. The molecule has 0 radical (unpaired) electrons. The fraction of sp³-hybridized carbons (Fsp3) is 0.250. The van der Waals surface area contributed by atoms with Gasteiger partial charge in [-0.15, -0.1) is 0 Å². The fourth-order valence-corrected chi connectivity index (χ4v) is 4.72. The number of rotatable bonds is 7. The largest absolute Gasteiger partial charge is 0.355 e. The number of halogens is 3. The summed E-state index contributed by atoms with van der Waals surface area (Å²) in [4.78, 5) is 9.82. The third-order valence-corrected chi connectivity index (χ3v) is 6.79. The van der Waals surface area contributed by atoms with Gasteiger partial charge in [-0.3, -0.25) is 4.90 Å². The molecule has 2 heterocycles. The van der Waals surface area contributed by atoms with Gasteiger partial charge in [-0.1, -0.05) is 61.0 Å². The van der Waals surface area contributed by atoms with Gasteiger partial charge in [0, 0.05) is 48.2 Å². The van der Waals surface area contributed by atoms with Gasteiger partial charge in [0.2, 0.25) is 0 Å². The minimum Gasteiger partial charge on any atom is -0.355 e. The Labute approximate surface area is 209 Å². The van der Waals surface area contributed by atoms with Crippen LogP contribution in [-0.4, -0.2) is 33.9 Å². The van der Waals surface area contributed by atoms with Crippen LogP contribution in [0.4, 0.5) is 20.2 Å². The number of benzene rings is 3. The van der Waals surface area contributed by atoms with Crippen LogP contribution in [0.15, 0.2) is 72.9 Å². The molecule has 180 valence electrons. The van der Waals surface area contributed by atoms with Crippen molar-refractivity contribution < 1.29 is 8.78 Å². The second-order valence-corrected chi connectivity index (χ2v) is 9.34. The molecule has 5 rings (SSSR count). The Hall–Kier alpha value is -3.22. The van der Waals surface area contributed by atoms with Crippen molar-refractivity contribution in [3.63, 3.8) is 0 Å². The van der Waals surface area contributed by atoms with Gasteiger partial charge in [0.1, 0.15) is 5.82 Å². The number of imidazole rings is 1. The number of aromatic nitrogens is 2. The maximum atomic E-state index is 13.9. The molecule has 4 aromatic rings. The lowest BCUT2D eigenvalue weighted by atomic mass is 9.97. The van der Waals surface area contributed by atoms with Crippen LogP contribution in [0.2, 0.25) is 5.02 Å². The summed E-state index contributed by atoms with van der Waals surface area (Å²) >= 11 is 6.53. The zero-order valence-corrected chi connectivity index (χ0v) is 20.2. The number of alkyl halides is 2. The zero-order valence-electron chi connectivity index (χ0n) is 19.5. The maximum absolute atomic E-state index is 13.9. The molecule has 1 aliphatic rings. The lowest BCUT2D eigenvalue weighted by molar-refractivity contribution is -0.0382. The predicted octanol–water partition coefficient (Wildman–Crippen LogP) is 7.54. The number of aromatic amines is 1. The minimum absolute atomic E-state index is 0.140. The van der Waals surface area contributed by atoms with E-state index in [-0.39, 0.29) is 13.0 Å². The van der Waals surface area contributed by atoms with Crippen LogP contribution in [0.3, 0.4) is 0 Å². The third kappa shape index (κ3) is 5.24. The number of nitrogens with zero attached hydrogens (tertiary/aromatic N) is 2. The molecule has 3 aromatic carbocycles. The van der Waals surface area contributed by atoms with Crippen molar-refractivity contribution >= 4 is 23.0 Å². The fourth-order valence-electron chi connectivity index (χ4n) is 4.52. The number of hydrogen-bond acceptors (Lipinski definition) is 3. The standard InChI is InChI=1S/C28H27ClF2N4/c1-2-28(30,31)18-35-14-13-22-20(17-35)9-6-10-25(22)33-21-11-12-24(29)23(15-21)27-32-16-26(34-27)19-7-4-3-5-8-19/h3-12,15-16,33H,2,13-14,17-18H2,1H3,(H,32,34). The van der Waals surface area contributed by atoms with Gasteiger partial charge in [0.15, 0.2) is 0 Å². The molecule has 7 heteroatoms. The Kier molecular flexibility index (Phi) is 6.58. The molecule has 4 nitrogen and oxygen atoms in total. The zero-order chi connectivity index (χ0) is 24.4. The number of fused-ring (bicyclic) bond motifs is 1. The van der Waals surface area contributed by atoms with Gasteiger partial charge in [-0.25, -0.2) is 13.8 Å². The molecule has 0 amide bonds. The van der Waals surface area contributed by atoms with Crippen molar-refractivity contribution in [1.29, 1.82) is 0 Å². The lowest BCUT2D eigenvalue weighted by Gasteiger charge is -2.32. The second kappa shape index (κ2) is 9.80. The number of H-pyrrole nitrogens is 1. The van der Waals surface area contributed by atoms with E-state index in [0.717, 1.165) is 40.2 Å². The van der Waals surface area contributed by atoms with E-state index < -0.39 is 5.92 Å². The molecule has 1 aliphatic heterocycles. The minimum atomic E-state index is -2.65. The number of anilines is 2. The van der Waals surface area contributed by atoms with Crippen LogP contribution in [0.25, 0.3) is 22.6 Å². The molecular weight excluding hydrogens is 466 g/mol. The van der Waals surface area contributed by atoms with Gasteiger partial charge in [0.05, 0.1) is 17.3 Å². The molecule has 0 fully saturated rings. The average Bonchev–Trinajstić information content (AvgIpc) is 3.36. The van der Waals surface area contributed by atoms with Crippen LogP contribution in [0.1, 0.15) is 24.5 Å². The highest BCUT2D eigenvalue weighted by Crippen LogP contribution is 2.34. The molecule has 0 atom stereocenters. The van der Waals surface area contributed by atoms with E-state index in [9.17, 15) is 8.78 Å². The smallest absolute Gasteiger partial charge is 0.260 e. The Morgan fingerprint density at radius 1 is 1.09 bits per heavy atom. The van der Waals surface area contributed by atoms with E-state index in [1.54, 1.807) is 0 Å². The van der Waals surface area contributed by atoms with E-state index in [4.69, 9.17) is 16.6 Å². The molecular formula is C28H27ClF2N4. The summed E-state index contributed by atoms with van der Waals surface area (Å²) in [6.45, 7) is 2.48. The Morgan fingerprint density at radius 3 is 2.71 bits per heavy atom. The first-order valence-corrected chi connectivity index (χ1v) is 12.2. The molecule has 1 aromatic heterocycles. The first-order chi connectivity index (χ1) is 16.9. The van der Waals surface area contributed by atoms with Gasteiger partial charge < -0.3 is 10.3 Å². The highest BCUT2D eigenvalue weighted by Gasteiger charge is 2.31. The second-order valence-electron chi connectivity index (χ2n) is 8.93. The molecule has 0 saturated heterocycles. The summed E-state index contributed by atoms with van der Waals surface area (Å²) in [6.07, 6.45) is 2.46. The molecule has 0 spiro atoms. The van der Waals surface area contributed by atoms with E-state index >= 15 is 0 Å². The van der Waals surface area contributed by atoms with Gasteiger partial charge in [-0.2, -0.15) is 0 Å². The first kappa shape index (κ1) is 23.5. The molecule has 0 aliphatic carbocycles. The number of hydrogen-bond donors (Lipinski definition) is 2. The van der Waals surface area contributed by atoms with Crippen LogP contribution >= 0.6 is 11.6 Å². The summed E-state index contributed by atoms with van der Waals surface area (Å²) in [7, 11) is 0. The van der Waals surface area contributed by atoms with Crippen molar-refractivity contribution in [3.05, 3.63) is 89.1 Å². The van der Waals surface area contributed by atoms with Crippen molar-refractivity contribution in [2.75, 3.05) is 18.4 Å². The number of nitrogens with one attached hydrogen (secondary N) is 2. The molecule has 0 unspecified atom stereocenters. The quantitative estimate of drug-likeness (QED) is 0.280. The monoisotopic (exact) mass is 492 g/mol. The molecule has 2 N–H and O–H groups in total. The summed E-state index contributed by atoms with van der Waals surface area (Å²) in [5, 5.41) is 4.12. The SMILES string of the molecule is CCC(F)(F)CN1CCc2c(cccc2Nc2ccc(Cl)c(-c3nc(-c4ccccc4)c[nH]3)c2)C1. The summed E-state index contributed by atoms with van der Waals surface area (Å²) in [6, 6.07) is 21.8. The molecule has 0 saturated carbocycles. The van der Waals surface area contributed by atoms with Crippen LogP contribution in [-0.2, 0) is 13.0 Å². The van der Waals surface area contributed by atoms with Gasteiger partial charge >= 0.3 is 0 Å². The topological polar surface area (TPSA) is 44.0 Å². The highest BCUT2D eigenvalue weighted by atomic mass is 35.5. The summed E-state index contributed by atoms with van der Waals surface area (Å²) in [5.74, 6) is -1.96. The van der Waals surface area contributed by atoms with E-state index in [1.807, 2.05) is 77.8 Å². The first-order valence-electron chi connectivity index (χ1n) is 11.8. The van der Waals surface area contributed by atoms with Crippen LogP contribution in [0, 0.1) is 0 Å². The normalized spacial score (nSPS) is 14.1. The average molecular weight is 493 g/mol. The van der Waals surface area contributed by atoms with Crippen LogP contribution < -0.4 is 5.32 Å². The van der Waals surface area contributed by atoms with Crippen molar-refractivity contribution in [3.8, 4) is 22.6 Å².